The summed E-state index contributed by atoms with van der Waals surface area (Å²) in [5, 5.41) is 3.85. The molecule has 1 heterocycles. The number of hydrogen-bond acceptors (Lipinski definition) is 4. The zero-order valence-electron chi connectivity index (χ0n) is 9.46. The number of rotatable bonds is 3. The smallest absolute Gasteiger partial charge is 0.294 e. The summed E-state index contributed by atoms with van der Waals surface area (Å²) in [5.41, 5.74) is 0.906. The second kappa shape index (κ2) is 4.97. The van der Waals surface area contributed by atoms with E-state index in [9.17, 15) is 8.42 Å². The molecule has 0 bridgehead atoms. The van der Waals surface area contributed by atoms with Crippen molar-refractivity contribution in [3.63, 3.8) is 0 Å². The van der Waals surface area contributed by atoms with Crippen molar-refractivity contribution in [1.82, 2.24) is 5.32 Å². The van der Waals surface area contributed by atoms with Crippen LogP contribution in [0.15, 0.2) is 29.2 Å². The molecule has 2 rings (SSSR count). The molecule has 2 atom stereocenters. The van der Waals surface area contributed by atoms with Crippen LogP contribution in [0.5, 0.6) is 0 Å². The van der Waals surface area contributed by atoms with Crippen LogP contribution in [0.1, 0.15) is 24.9 Å². The lowest BCUT2D eigenvalue weighted by atomic mass is 10.1. The summed E-state index contributed by atoms with van der Waals surface area (Å²) >= 11 is 1.84. The maximum absolute atomic E-state index is 11.1. The van der Waals surface area contributed by atoms with Gasteiger partial charge in [-0.05, 0) is 24.1 Å². The number of hydrogen-bond donors (Lipinski definition) is 2. The zero-order chi connectivity index (χ0) is 12.5. The molecule has 6 heteroatoms. The van der Waals surface area contributed by atoms with Crippen molar-refractivity contribution in [2.75, 3.05) is 5.75 Å². The second-order valence-electron chi connectivity index (χ2n) is 4.00. The second-order valence-corrected chi connectivity index (χ2v) is 6.65. The molecule has 0 saturated carbocycles. The van der Waals surface area contributed by atoms with Crippen LogP contribution >= 0.6 is 11.8 Å². The average molecular weight is 273 g/mol. The summed E-state index contributed by atoms with van der Waals surface area (Å²) in [6.07, 6.45) is 1.04. The Balaban J connectivity index is 2.23. The first-order chi connectivity index (χ1) is 8.00. The van der Waals surface area contributed by atoms with Crippen LogP contribution < -0.4 is 5.32 Å². The van der Waals surface area contributed by atoms with Gasteiger partial charge in [0.15, 0.2) is 0 Å². The lowest BCUT2D eigenvalue weighted by molar-refractivity contribution is 0.482. The molecule has 1 saturated heterocycles. The van der Waals surface area contributed by atoms with Gasteiger partial charge >= 0.3 is 0 Å². The minimum absolute atomic E-state index is 0.0400. The van der Waals surface area contributed by atoms with Crippen LogP contribution in [0.25, 0.3) is 0 Å². The van der Waals surface area contributed by atoms with E-state index < -0.39 is 10.1 Å². The Morgan fingerprint density at radius 3 is 2.88 bits per heavy atom. The van der Waals surface area contributed by atoms with E-state index >= 15 is 0 Å². The van der Waals surface area contributed by atoms with Crippen LogP contribution in [0.3, 0.4) is 0 Å². The maximum Gasteiger partial charge on any atom is 0.294 e. The summed E-state index contributed by atoms with van der Waals surface area (Å²) in [6, 6.07) is 6.63. The van der Waals surface area contributed by atoms with E-state index in [1.54, 1.807) is 6.07 Å². The Labute approximate surface area is 106 Å². The molecule has 1 aromatic carbocycles. The van der Waals surface area contributed by atoms with E-state index in [4.69, 9.17) is 4.55 Å². The lowest BCUT2D eigenvalue weighted by Gasteiger charge is -2.12. The van der Waals surface area contributed by atoms with E-state index in [1.165, 1.54) is 12.1 Å². The van der Waals surface area contributed by atoms with Gasteiger partial charge in [0.25, 0.3) is 10.1 Å². The van der Waals surface area contributed by atoms with Gasteiger partial charge in [-0.25, -0.2) is 0 Å². The van der Waals surface area contributed by atoms with Crippen LogP contribution in [0, 0.1) is 0 Å². The maximum atomic E-state index is 11.1. The standard InChI is InChI=1S/C11H15NO3S2/c1-2-11-12-10(7-16-11)8-4-3-5-9(6-8)17(13,14)15/h3-6,10-12H,2,7H2,1H3,(H,13,14,15). The fourth-order valence-electron chi connectivity index (χ4n) is 1.85. The van der Waals surface area contributed by atoms with Gasteiger partial charge in [0.05, 0.1) is 10.3 Å². The lowest BCUT2D eigenvalue weighted by Crippen LogP contribution is -2.22. The van der Waals surface area contributed by atoms with Crippen LogP contribution in [0.4, 0.5) is 0 Å². The van der Waals surface area contributed by atoms with Gasteiger partial charge in [-0.15, -0.1) is 11.8 Å². The molecule has 0 aromatic heterocycles. The molecule has 94 valence electrons. The van der Waals surface area contributed by atoms with Crippen molar-refractivity contribution < 1.29 is 13.0 Å². The Bertz CT molecular complexity index is 501. The van der Waals surface area contributed by atoms with Crippen molar-refractivity contribution in [2.24, 2.45) is 0 Å². The van der Waals surface area contributed by atoms with Gasteiger partial charge in [-0.3, -0.25) is 9.87 Å². The number of benzene rings is 1. The van der Waals surface area contributed by atoms with Crippen molar-refractivity contribution in [2.45, 2.75) is 29.7 Å². The molecule has 0 amide bonds. The third kappa shape index (κ3) is 3.01. The number of thioether (sulfide) groups is 1. The SMILES string of the molecule is CCC1NC(c2cccc(S(=O)(=O)O)c2)CS1. The van der Waals surface area contributed by atoms with E-state index in [-0.39, 0.29) is 10.9 Å². The first kappa shape index (κ1) is 12.9. The van der Waals surface area contributed by atoms with Gasteiger partial charge < -0.3 is 0 Å². The van der Waals surface area contributed by atoms with E-state index in [0.29, 0.717) is 5.37 Å². The first-order valence-corrected chi connectivity index (χ1v) is 7.94. The molecule has 2 unspecified atom stereocenters. The summed E-state index contributed by atoms with van der Waals surface area (Å²) < 4.78 is 31.1. The van der Waals surface area contributed by atoms with E-state index in [2.05, 4.69) is 12.2 Å². The van der Waals surface area contributed by atoms with Gasteiger partial charge in [0.2, 0.25) is 0 Å². The van der Waals surface area contributed by atoms with E-state index in [1.807, 2.05) is 17.8 Å². The highest BCUT2D eigenvalue weighted by Gasteiger charge is 2.24. The molecule has 1 aliphatic rings. The monoisotopic (exact) mass is 273 g/mol. The van der Waals surface area contributed by atoms with Crippen molar-refractivity contribution in [1.29, 1.82) is 0 Å². The minimum atomic E-state index is -4.11. The average Bonchev–Trinajstić information content (AvgIpc) is 2.76. The predicted octanol–water partition coefficient (Wildman–Crippen LogP) is 2.05. The van der Waals surface area contributed by atoms with E-state index in [0.717, 1.165) is 17.7 Å². The summed E-state index contributed by atoms with van der Waals surface area (Å²) in [7, 11) is -4.11. The highest BCUT2D eigenvalue weighted by atomic mass is 32.2. The Morgan fingerprint density at radius 1 is 1.53 bits per heavy atom. The molecular formula is C11H15NO3S2. The molecule has 2 N–H and O–H groups in total. The fraction of sp³-hybridized carbons (Fsp3) is 0.455. The normalized spacial score (nSPS) is 25.1. The first-order valence-electron chi connectivity index (χ1n) is 5.46. The fourth-order valence-corrected chi connectivity index (χ4v) is 3.60. The molecule has 17 heavy (non-hydrogen) atoms. The Morgan fingerprint density at radius 2 is 2.29 bits per heavy atom. The van der Waals surface area contributed by atoms with Crippen molar-refractivity contribution in [3.05, 3.63) is 29.8 Å². The molecular weight excluding hydrogens is 258 g/mol. The Hall–Kier alpha value is -0.560. The van der Waals surface area contributed by atoms with Crippen LogP contribution in [-0.2, 0) is 10.1 Å². The molecule has 4 nitrogen and oxygen atoms in total. The topological polar surface area (TPSA) is 66.4 Å². The van der Waals surface area contributed by atoms with Gasteiger partial charge in [-0.2, -0.15) is 8.42 Å². The summed E-state index contributed by atoms with van der Waals surface area (Å²) in [4.78, 5) is -0.0400. The van der Waals surface area contributed by atoms with Gasteiger partial charge in [0.1, 0.15) is 0 Å². The van der Waals surface area contributed by atoms with Gasteiger partial charge in [0, 0.05) is 11.8 Å². The zero-order valence-corrected chi connectivity index (χ0v) is 11.1. The Kier molecular flexibility index (Phi) is 3.77. The quantitative estimate of drug-likeness (QED) is 0.825. The molecule has 1 aliphatic heterocycles. The number of nitrogens with one attached hydrogen (secondary N) is 1. The molecule has 0 aliphatic carbocycles. The molecule has 1 fully saturated rings. The minimum Gasteiger partial charge on any atom is -0.298 e. The van der Waals surface area contributed by atoms with Crippen LogP contribution in [0.2, 0.25) is 0 Å². The highest BCUT2D eigenvalue weighted by molar-refractivity contribution is 8.00. The highest BCUT2D eigenvalue weighted by Crippen LogP contribution is 2.31. The molecule has 1 aromatic rings. The largest absolute Gasteiger partial charge is 0.298 e. The molecule has 0 radical (unpaired) electrons. The third-order valence-electron chi connectivity index (χ3n) is 2.78. The summed E-state index contributed by atoms with van der Waals surface area (Å²) in [5.74, 6) is 0.924. The van der Waals surface area contributed by atoms with Crippen molar-refractivity contribution in [3.8, 4) is 0 Å². The van der Waals surface area contributed by atoms with Crippen molar-refractivity contribution >= 4 is 21.9 Å². The summed E-state index contributed by atoms with van der Waals surface area (Å²) in [6.45, 7) is 2.11. The van der Waals surface area contributed by atoms with Crippen LogP contribution in [-0.4, -0.2) is 24.1 Å². The predicted molar refractivity (Wildman–Crippen MR) is 68.7 cm³/mol. The van der Waals surface area contributed by atoms with Gasteiger partial charge in [-0.1, -0.05) is 19.1 Å². The molecule has 0 spiro atoms. The third-order valence-corrected chi connectivity index (χ3v) is 5.03.